The molecule has 17 heavy (non-hydrogen) atoms. The molecular formula is C15H31NO. The number of nitrogens with one attached hydrogen (secondary N) is 1. The van der Waals surface area contributed by atoms with Gasteiger partial charge in [-0.1, -0.05) is 32.6 Å². The first-order chi connectivity index (χ1) is 8.01. The maximum atomic E-state index is 6.25. The summed E-state index contributed by atoms with van der Waals surface area (Å²) in [5, 5.41) is 3.55. The summed E-state index contributed by atoms with van der Waals surface area (Å²) in [5.41, 5.74) is 0.195. The fourth-order valence-corrected chi connectivity index (χ4v) is 2.36. The van der Waals surface area contributed by atoms with E-state index in [0.717, 1.165) is 13.0 Å². The van der Waals surface area contributed by atoms with Crippen LogP contribution in [0.15, 0.2) is 0 Å². The van der Waals surface area contributed by atoms with Crippen LogP contribution in [0.5, 0.6) is 0 Å². The van der Waals surface area contributed by atoms with Crippen LogP contribution < -0.4 is 5.32 Å². The molecular weight excluding hydrogens is 210 g/mol. The minimum atomic E-state index is 0.195. The molecule has 0 bridgehead atoms. The van der Waals surface area contributed by atoms with Crippen LogP contribution in [0.25, 0.3) is 0 Å². The van der Waals surface area contributed by atoms with E-state index in [0.29, 0.717) is 12.2 Å². The summed E-state index contributed by atoms with van der Waals surface area (Å²) in [6, 6.07) is 0. The molecule has 0 aromatic heterocycles. The SMILES string of the molecule is CCC(CNC(C)(C)C)OC1CCCCCC1. The Morgan fingerprint density at radius 2 is 1.71 bits per heavy atom. The van der Waals surface area contributed by atoms with Gasteiger partial charge < -0.3 is 10.1 Å². The molecule has 1 unspecified atom stereocenters. The molecule has 1 rings (SSSR count). The summed E-state index contributed by atoms with van der Waals surface area (Å²) in [5.74, 6) is 0. The van der Waals surface area contributed by atoms with E-state index in [1.165, 1.54) is 38.5 Å². The molecule has 0 aliphatic heterocycles. The monoisotopic (exact) mass is 241 g/mol. The Balaban J connectivity index is 2.29. The average Bonchev–Trinajstić information content (AvgIpc) is 2.51. The van der Waals surface area contributed by atoms with E-state index in [-0.39, 0.29) is 5.54 Å². The van der Waals surface area contributed by atoms with Crippen LogP contribution in [0.1, 0.15) is 72.6 Å². The van der Waals surface area contributed by atoms with Crippen LogP contribution in [0.4, 0.5) is 0 Å². The van der Waals surface area contributed by atoms with Crippen LogP contribution >= 0.6 is 0 Å². The molecule has 1 aliphatic carbocycles. The van der Waals surface area contributed by atoms with E-state index in [1.807, 2.05) is 0 Å². The molecule has 1 aliphatic rings. The van der Waals surface area contributed by atoms with Gasteiger partial charge in [0.05, 0.1) is 12.2 Å². The molecule has 1 fully saturated rings. The summed E-state index contributed by atoms with van der Waals surface area (Å²) in [4.78, 5) is 0. The highest BCUT2D eigenvalue weighted by Gasteiger charge is 2.19. The van der Waals surface area contributed by atoms with Crippen LogP contribution in [0.2, 0.25) is 0 Å². The fourth-order valence-electron chi connectivity index (χ4n) is 2.36. The van der Waals surface area contributed by atoms with Gasteiger partial charge >= 0.3 is 0 Å². The summed E-state index contributed by atoms with van der Waals surface area (Å²) in [6.45, 7) is 9.85. The van der Waals surface area contributed by atoms with Crippen LogP contribution in [0.3, 0.4) is 0 Å². The summed E-state index contributed by atoms with van der Waals surface area (Å²) >= 11 is 0. The lowest BCUT2D eigenvalue weighted by Gasteiger charge is -2.28. The van der Waals surface area contributed by atoms with Gasteiger partial charge in [0.1, 0.15) is 0 Å². The third-order valence-electron chi connectivity index (χ3n) is 3.50. The molecule has 2 heteroatoms. The highest BCUT2D eigenvalue weighted by Crippen LogP contribution is 2.21. The zero-order valence-corrected chi connectivity index (χ0v) is 12.2. The number of rotatable bonds is 5. The topological polar surface area (TPSA) is 21.3 Å². The van der Waals surface area contributed by atoms with Gasteiger partial charge in [0.15, 0.2) is 0 Å². The van der Waals surface area contributed by atoms with E-state index in [1.54, 1.807) is 0 Å². The Labute approximate surface area is 108 Å². The normalized spacial score (nSPS) is 21.2. The third kappa shape index (κ3) is 7.05. The van der Waals surface area contributed by atoms with Gasteiger partial charge in [0.2, 0.25) is 0 Å². The van der Waals surface area contributed by atoms with E-state index in [2.05, 4.69) is 33.0 Å². The standard InChI is InChI=1S/C15H31NO/c1-5-13(12-16-15(2,3)4)17-14-10-8-6-7-9-11-14/h13-14,16H,5-12H2,1-4H3. The smallest absolute Gasteiger partial charge is 0.0700 e. The molecule has 0 heterocycles. The molecule has 102 valence electrons. The Hall–Kier alpha value is -0.0800. The molecule has 0 radical (unpaired) electrons. The van der Waals surface area contributed by atoms with Crippen molar-refractivity contribution in [2.75, 3.05) is 6.54 Å². The second-order valence-electron chi connectivity index (χ2n) is 6.41. The van der Waals surface area contributed by atoms with E-state index < -0.39 is 0 Å². The predicted octanol–water partition coefficient (Wildman–Crippen LogP) is 3.89. The van der Waals surface area contributed by atoms with Crippen LogP contribution in [-0.2, 0) is 4.74 Å². The fraction of sp³-hybridized carbons (Fsp3) is 1.00. The van der Waals surface area contributed by atoms with Crippen molar-refractivity contribution in [3.63, 3.8) is 0 Å². The van der Waals surface area contributed by atoms with Crippen molar-refractivity contribution < 1.29 is 4.74 Å². The van der Waals surface area contributed by atoms with Crippen molar-refractivity contribution in [1.29, 1.82) is 0 Å². The molecule has 1 atom stereocenters. The van der Waals surface area contributed by atoms with Crippen LogP contribution in [-0.4, -0.2) is 24.3 Å². The van der Waals surface area contributed by atoms with E-state index >= 15 is 0 Å². The van der Waals surface area contributed by atoms with E-state index in [9.17, 15) is 0 Å². The van der Waals surface area contributed by atoms with Crippen LogP contribution in [0, 0.1) is 0 Å². The average molecular weight is 241 g/mol. The number of ether oxygens (including phenoxy) is 1. The van der Waals surface area contributed by atoms with Gasteiger partial charge in [-0.25, -0.2) is 0 Å². The van der Waals surface area contributed by atoms with Crippen molar-refractivity contribution >= 4 is 0 Å². The predicted molar refractivity (Wildman–Crippen MR) is 74.4 cm³/mol. The Kier molecular flexibility index (Phi) is 6.50. The quantitative estimate of drug-likeness (QED) is 0.737. The van der Waals surface area contributed by atoms with Gasteiger partial charge in [0.25, 0.3) is 0 Å². The first-order valence-corrected chi connectivity index (χ1v) is 7.42. The second-order valence-corrected chi connectivity index (χ2v) is 6.41. The molecule has 0 saturated heterocycles. The minimum absolute atomic E-state index is 0.195. The summed E-state index contributed by atoms with van der Waals surface area (Å²) in [7, 11) is 0. The molecule has 1 saturated carbocycles. The Bertz CT molecular complexity index is 190. The Morgan fingerprint density at radius 3 is 2.18 bits per heavy atom. The molecule has 0 aromatic carbocycles. The van der Waals surface area contributed by atoms with Gasteiger partial charge in [0, 0.05) is 12.1 Å². The summed E-state index contributed by atoms with van der Waals surface area (Å²) < 4.78 is 6.25. The zero-order valence-electron chi connectivity index (χ0n) is 12.2. The van der Waals surface area contributed by atoms with Crippen molar-refractivity contribution in [3.8, 4) is 0 Å². The number of hydrogen-bond donors (Lipinski definition) is 1. The lowest BCUT2D eigenvalue weighted by molar-refractivity contribution is -0.0223. The lowest BCUT2D eigenvalue weighted by Crippen LogP contribution is -2.42. The van der Waals surface area contributed by atoms with Crippen molar-refractivity contribution in [2.45, 2.75) is 90.4 Å². The zero-order chi connectivity index (χ0) is 12.7. The molecule has 2 nitrogen and oxygen atoms in total. The van der Waals surface area contributed by atoms with Gasteiger partial charge in [-0.2, -0.15) is 0 Å². The van der Waals surface area contributed by atoms with Crippen molar-refractivity contribution in [2.24, 2.45) is 0 Å². The second kappa shape index (κ2) is 7.38. The van der Waals surface area contributed by atoms with Gasteiger partial charge in [-0.05, 0) is 40.0 Å². The molecule has 1 N–H and O–H groups in total. The van der Waals surface area contributed by atoms with Gasteiger partial charge in [-0.15, -0.1) is 0 Å². The highest BCUT2D eigenvalue weighted by molar-refractivity contribution is 4.74. The molecule has 0 aromatic rings. The number of hydrogen-bond acceptors (Lipinski definition) is 2. The first-order valence-electron chi connectivity index (χ1n) is 7.42. The van der Waals surface area contributed by atoms with Crippen molar-refractivity contribution in [1.82, 2.24) is 5.32 Å². The molecule has 0 spiro atoms. The van der Waals surface area contributed by atoms with Gasteiger partial charge in [-0.3, -0.25) is 0 Å². The third-order valence-corrected chi connectivity index (χ3v) is 3.50. The van der Waals surface area contributed by atoms with Crippen molar-refractivity contribution in [3.05, 3.63) is 0 Å². The minimum Gasteiger partial charge on any atom is -0.374 e. The largest absolute Gasteiger partial charge is 0.374 e. The molecule has 0 amide bonds. The summed E-state index contributed by atoms with van der Waals surface area (Å²) in [6.07, 6.45) is 10.1. The Morgan fingerprint density at radius 1 is 1.12 bits per heavy atom. The lowest BCUT2D eigenvalue weighted by atomic mass is 10.1. The maximum absolute atomic E-state index is 6.25. The highest BCUT2D eigenvalue weighted by atomic mass is 16.5. The first kappa shape index (κ1) is 15.0. The maximum Gasteiger partial charge on any atom is 0.0700 e. The van der Waals surface area contributed by atoms with E-state index in [4.69, 9.17) is 4.74 Å².